The third-order valence-electron chi connectivity index (χ3n) is 3.01. The largest absolute Gasteiger partial charge is 0.493 e. The molecule has 0 aliphatic rings. The molecule has 0 unspecified atom stereocenters. The summed E-state index contributed by atoms with van der Waals surface area (Å²) in [6.45, 7) is 0. The summed E-state index contributed by atoms with van der Waals surface area (Å²) in [4.78, 5) is 22.4. The van der Waals surface area contributed by atoms with Crippen LogP contribution in [-0.2, 0) is 0 Å². The van der Waals surface area contributed by atoms with Gasteiger partial charge in [-0.05, 0) is 34.1 Å². The zero-order valence-corrected chi connectivity index (χ0v) is 13.7. The van der Waals surface area contributed by atoms with E-state index < -0.39 is 5.63 Å². The van der Waals surface area contributed by atoms with Gasteiger partial charge in [0.25, 0.3) is 0 Å². The highest BCUT2D eigenvalue weighted by Crippen LogP contribution is 2.47. The van der Waals surface area contributed by atoms with Crippen LogP contribution in [-0.4, -0.2) is 27.6 Å². The van der Waals surface area contributed by atoms with Crippen LogP contribution in [0.4, 0.5) is 0 Å². The monoisotopic (exact) mass is 368 g/mol. The van der Waals surface area contributed by atoms with Crippen molar-refractivity contribution in [2.24, 2.45) is 0 Å². The minimum atomic E-state index is -0.715. The van der Waals surface area contributed by atoms with E-state index in [1.807, 2.05) is 0 Å². The molecule has 0 aliphatic carbocycles. The number of hydrogen-bond acceptors (Lipinski definition) is 6. The molecule has 116 valence electrons. The maximum atomic E-state index is 11.7. The second-order valence-corrected chi connectivity index (χ2v) is 4.96. The van der Waals surface area contributed by atoms with Gasteiger partial charge in [-0.2, -0.15) is 0 Å². The smallest absolute Gasteiger partial charge is 0.346 e. The Labute approximate surface area is 134 Å². The predicted octanol–water partition coefficient (Wildman–Crippen LogP) is 2.91. The summed E-state index contributed by atoms with van der Waals surface area (Å²) in [7, 11) is 4.46. The zero-order valence-electron chi connectivity index (χ0n) is 12.1. The average Bonchev–Trinajstić information content (AvgIpc) is 2.54. The van der Waals surface area contributed by atoms with Crippen LogP contribution >= 0.6 is 15.9 Å². The van der Waals surface area contributed by atoms with Gasteiger partial charge in [0.05, 0.1) is 31.4 Å². The Hall–Kier alpha value is -2.28. The van der Waals surface area contributed by atoms with Gasteiger partial charge in [0.2, 0.25) is 5.75 Å². The van der Waals surface area contributed by atoms with Gasteiger partial charge in [0.1, 0.15) is 5.76 Å². The number of aldehydes is 1. The molecule has 0 bridgehead atoms. The number of methoxy groups -OCH3 is 3. The molecule has 1 heterocycles. The maximum absolute atomic E-state index is 11.7. The number of rotatable bonds is 5. The molecule has 2 aromatic rings. The van der Waals surface area contributed by atoms with Crippen LogP contribution in [0.15, 0.2) is 31.9 Å². The Kier molecular flexibility index (Phi) is 4.87. The van der Waals surface area contributed by atoms with E-state index in [4.69, 9.17) is 18.6 Å². The van der Waals surface area contributed by atoms with Gasteiger partial charge in [0.15, 0.2) is 17.8 Å². The van der Waals surface area contributed by atoms with Crippen molar-refractivity contribution in [2.75, 3.05) is 21.3 Å². The number of carbonyl (C=O) groups is 1. The van der Waals surface area contributed by atoms with Gasteiger partial charge >= 0.3 is 5.63 Å². The van der Waals surface area contributed by atoms with E-state index in [-0.39, 0.29) is 11.3 Å². The number of benzene rings is 1. The Morgan fingerprint density at radius 2 is 1.77 bits per heavy atom. The first-order chi connectivity index (χ1) is 10.6. The predicted molar refractivity (Wildman–Crippen MR) is 83.2 cm³/mol. The van der Waals surface area contributed by atoms with Gasteiger partial charge in [-0.15, -0.1) is 0 Å². The lowest BCUT2D eigenvalue weighted by molar-refractivity contribution is 0.112. The second-order valence-electron chi connectivity index (χ2n) is 4.17. The molecule has 0 amide bonds. The van der Waals surface area contributed by atoms with E-state index in [2.05, 4.69) is 15.9 Å². The fraction of sp³-hybridized carbons (Fsp3) is 0.200. The Morgan fingerprint density at radius 1 is 1.09 bits per heavy atom. The summed E-state index contributed by atoms with van der Waals surface area (Å²) >= 11 is 3.40. The van der Waals surface area contributed by atoms with Crippen molar-refractivity contribution in [3.63, 3.8) is 0 Å². The summed E-state index contributed by atoms with van der Waals surface area (Å²) < 4.78 is 21.6. The van der Waals surface area contributed by atoms with Crippen molar-refractivity contribution in [3.05, 3.63) is 38.7 Å². The maximum Gasteiger partial charge on any atom is 0.346 e. The molecule has 1 aromatic heterocycles. The van der Waals surface area contributed by atoms with E-state index in [1.54, 1.807) is 6.07 Å². The Morgan fingerprint density at radius 3 is 2.27 bits per heavy atom. The lowest BCUT2D eigenvalue weighted by Gasteiger charge is -2.16. The van der Waals surface area contributed by atoms with E-state index in [0.29, 0.717) is 33.6 Å². The van der Waals surface area contributed by atoms with Crippen LogP contribution in [0, 0.1) is 0 Å². The number of halogens is 1. The van der Waals surface area contributed by atoms with Crippen LogP contribution in [0.1, 0.15) is 10.4 Å². The molecular formula is C15H13BrO6. The molecule has 0 fully saturated rings. The van der Waals surface area contributed by atoms with Crippen molar-refractivity contribution in [3.8, 4) is 28.6 Å². The number of carbonyl (C=O) groups excluding carboxylic acids is 1. The third-order valence-corrected chi connectivity index (χ3v) is 3.80. The standard InChI is InChI=1S/C15H13BrO6/c1-19-11-6-9(12(16)14(21-3)13(11)20-2)10-5-4-8(7-17)15(18)22-10/h4-7H,1-3H3. The second kappa shape index (κ2) is 6.65. The molecular weight excluding hydrogens is 356 g/mol. The summed E-state index contributed by atoms with van der Waals surface area (Å²) in [6, 6.07) is 4.56. The fourth-order valence-electron chi connectivity index (χ4n) is 1.96. The highest BCUT2D eigenvalue weighted by molar-refractivity contribution is 9.10. The van der Waals surface area contributed by atoms with E-state index in [0.717, 1.165) is 0 Å². The van der Waals surface area contributed by atoms with Crippen molar-refractivity contribution < 1.29 is 23.4 Å². The highest BCUT2D eigenvalue weighted by Gasteiger charge is 2.21. The molecule has 22 heavy (non-hydrogen) atoms. The van der Waals surface area contributed by atoms with Gasteiger partial charge in [0, 0.05) is 5.56 Å². The van der Waals surface area contributed by atoms with Crippen molar-refractivity contribution in [1.82, 2.24) is 0 Å². The van der Waals surface area contributed by atoms with Crippen molar-refractivity contribution in [2.45, 2.75) is 0 Å². The molecule has 6 nitrogen and oxygen atoms in total. The first-order valence-corrected chi connectivity index (χ1v) is 6.94. The van der Waals surface area contributed by atoms with Crippen LogP contribution < -0.4 is 19.8 Å². The third kappa shape index (κ3) is 2.71. The molecule has 0 saturated carbocycles. The Balaban J connectivity index is 2.72. The molecule has 0 atom stereocenters. The van der Waals surface area contributed by atoms with Gasteiger partial charge in [-0.25, -0.2) is 4.79 Å². The molecule has 7 heteroatoms. The fourth-order valence-corrected chi connectivity index (χ4v) is 2.61. The van der Waals surface area contributed by atoms with Crippen LogP contribution in [0.2, 0.25) is 0 Å². The van der Waals surface area contributed by atoms with Gasteiger partial charge in [-0.1, -0.05) is 0 Å². The van der Waals surface area contributed by atoms with Crippen LogP contribution in [0.3, 0.4) is 0 Å². The SMILES string of the molecule is COc1cc(-c2ccc(C=O)c(=O)o2)c(Br)c(OC)c1OC. The highest BCUT2D eigenvalue weighted by atomic mass is 79.9. The van der Waals surface area contributed by atoms with E-state index in [1.165, 1.54) is 33.5 Å². The lowest BCUT2D eigenvalue weighted by Crippen LogP contribution is -2.06. The average molecular weight is 369 g/mol. The van der Waals surface area contributed by atoms with Crippen LogP contribution in [0.5, 0.6) is 17.2 Å². The quantitative estimate of drug-likeness (QED) is 0.755. The summed E-state index contributed by atoms with van der Waals surface area (Å²) in [5, 5.41) is 0. The lowest BCUT2D eigenvalue weighted by atomic mass is 10.1. The normalized spacial score (nSPS) is 10.2. The molecule has 0 N–H and O–H groups in total. The summed E-state index contributed by atoms with van der Waals surface area (Å²) in [5.74, 6) is 1.49. The first kappa shape index (κ1) is 16.1. The summed E-state index contributed by atoms with van der Waals surface area (Å²) in [5.41, 5.74) is -0.232. The minimum absolute atomic E-state index is 0.0488. The Bertz CT molecular complexity index is 765. The minimum Gasteiger partial charge on any atom is -0.493 e. The van der Waals surface area contributed by atoms with Crippen molar-refractivity contribution in [1.29, 1.82) is 0 Å². The van der Waals surface area contributed by atoms with E-state index >= 15 is 0 Å². The summed E-state index contributed by atoms with van der Waals surface area (Å²) in [6.07, 6.45) is 0.444. The molecule has 0 spiro atoms. The first-order valence-electron chi connectivity index (χ1n) is 6.15. The van der Waals surface area contributed by atoms with E-state index in [9.17, 15) is 9.59 Å². The topological polar surface area (TPSA) is 75.0 Å². The number of hydrogen-bond donors (Lipinski definition) is 0. The molecule has 0 aliphatic heterocycles. The van der Waals surface area contributed by atoms with Crippen LogP contribution in [0.25, 0.3) is 11.3 Å². The molecule has 0 saturated heterocycles. The number of ether oxygens (including phenoxy) is 3. The van der Waals surface area contributed by atoms with Gasteiger partial charge in [-0.3, -0.25) is 4.79 Å². The van der Waals surface area contributed by atoms with Crippen molar-refractivity contribution >= 4 is 22.2 Å². The molecule has 2 rings (SSSR count). The molecule has 0 radical (unpaired) electrons. The molecule has 1 aromatic carbocycles. The zero-order chi connectivity index (χ0) is 16.3. The van der Waals surface area contributed by atoms with Gasteiger partial charge < -0.3 is 18.6 Å².